The first kappa shape index (κ1) is 14.3. The van der Waals surface area contributed by atoms with Crippen LogP contribution in [-0.4, -0.2) is 7.11 Å². The number of nitriles is 1. The zero-order valence-corrected chi connectivity index (χ0v) is 12.3. The van der Waals surface area contributed by atoms with Crippen LogP contribution in [0.25, 0.3) is 11.6 Å². The Bertz CT molecular complexity index is 704. The summed E-state index contributed by atoms with van der Waals surface area (Å²) in [5.74, 6) is 0.291. The summed E-state index contributed by atoms with van der Waals surface area (Å²) in [4.78, 5) is 0. The number of halogens is 2. The topological polar surface area (TPSA) is 33.0 Å². The summed E-state index contributed by atoms with van der Waals surface area (Å²) in [6.45, 7) is 0. The Morgan fingerprint density at radius 3 is 2.65 bits per heavy atom. The van der Waals surface area contributed by atoms with Gasteiger partial charge in [-0.1, -0.05) is 24.3 Å². The maximum atomic E-state index is 13.7. The van der Waals surface area contributed by atoms with Gasteiger partial charge in [0.25, 0.3) is 0 Å². The lowest BCUT2D eigenvalue weighted by Crippen LogP contribution is -1.88. The van der Waals surface area contributed by atoms with Gasteiger partial charge in [0.15, 0.2) is 0 Å². The second kappa shape index (κ2) is 6.36. The summed E-state index contributed by atoms with van der Waals surface area (Å²) in [6.07, 6.45) is 1.64. The Balaban J connectivity index is 2.45. The molecule has 0 bridgehead atoms. The highest BCUT2D eigenvalue weighted by molar-refractivity contribution is 9.10. The molecule has 0 unspecified atom stereocenters. The van der Waals surface area contributed by atoms with Crippen molar-refractivity contribution in [2.24, 2.45) is 0 Å². The minimum absolute atomic E-state index is 0.278. The van der Waals surface area contributed by atoms with Gasteiger partial charge in [-0.3, -0.25) is 0 Å². The number of ether oxygens (including phenoxy) is 1. The van der Waals surface area contributed by atoms with Gasteiger partial charge in [0, 0.05) is 5.56 Å². The van der Waals surface area contributed by atoms with E-state index in [1.807, 2.05) is 18.2 Å². The Kier molecular flexibility index (Phi) is 4.54. The Morgan fingerprint density at radius 2 is 2.05 bits per heavy atom. The van der Waals surface area contributed by atoms with Crippen molar-refractivity contribution in [3.05, 3.63) is 63.9 Å². The van der Waals surface area contributed by atoms with Gasteiger partial charge < -0.3 is 4.74 Å². The summed E-state index contributed by atoms with van der Waals surface area (Å²) in [5, 5.41) is 9.21. The second-order valence-electron chi connectivity index (χ2n) is 4.04. The van der Waals surface area contributed by atoms with Crippen molar-refractivity contribution in [2.75, 3.05) is 7.11 Å². The van der Waals surface area contributed by atoms with Gasteiger partial charge in [-0.2, -0.15) is 5.26 Å². The molecule has 0 aliphatic rings. The highest BCUT2D eigenvalue weighted by Crippen LogP contribution is 2.28. The number of hydrogen-bond acceptors (Lipinski definition) is 2. The molecule has 0 aromatic heterocycles. The lowest BCUT2D eigenvalue weighted by Gasteiger charge is -2.05. The number of rotatable bonds is 3. The predicted octanol–water partition coefficient (Wildman–Crippen LogP) is 4.66. The van der Waals surface area contributed by atoms with Crippen molar-refractivity contribution in [1.29, 1.82) is 5.26 Å². The minimum atomic E-state index is -0.409. The van der Waals surface area contributed by atoms with E-state index < -0.39 is 5.82 Å². The van der Waals surface area contributed by atoms with Crippen LogP contribution < -0.4 is 4.74 Å². The van der Waals surface area contributed by atoms with E-state index in [0.29, 0.717) is 11.3 Å². The van der Waals surface area contributed by atoms with Gasteiger partial charge in [-0.15, -0.1) is 0 Å². The summed E-state index contributed by atoms with van der Waals surface area (Å²) in [5.41, 5.74) is 1.36. The van der Waals surface area contributed by atoms with Crippen LogP contribution in [-0.2, 0) is 0 Å². The maximum Gasteiger partial charge on any atom is 0.133 e. The highest BCUT2D eigenvalue weighted by Gasteiger charge is 2.07. The van der Waals surface area contributed by atoms with Crippen LogP contribution in [0.1, 0.15) is 11.1 Å². The molecule has 0 radical (unpaired) electrons. The fourth-order valence-corrected chi connectivity index (χ4v) is 2.35. The van der Waals surface area contributed by atoms with E-state index in [0.717, 1.165) is 10.0 Å². The first-order valence-electron chi connectivity index (χ1n) is 5.86. The summed E-state index contributed by atoms with van der Waals surface area (Å²) in [6, 6.07) is 13.7. The predicted molar refractivity (Wildman–Crippen MR) is 80.6 cm³/mol. The van der Waals surface area contributed by atoms with E-state index in [1.54, 1.807) is 37.5 Å². The molecule has 0 amide bonds. The molecule has 2 rings (SSSR count). The zero-order chi connectivity index (χ0) is 14.5. The van der Waals surface area contributed by atoms with Crippen LogP contribution in [0.2, 0.25) is 0 Å². The van der Waals surface area contributed by atoms with E-state index in [-0.39, 0.29) is 5.57 Å². The molecule has 0 aliphatic carbocycles. The van der Waals surface area contributed by atoms with Gasteiger partial charge in [0.05, 0.1) is 23.2 Å². The molecule has 0 saturated carbocycles. The minimum Gasteiger partial charge on any atom is -0.496 e. The van der Waals surface area contributed by atoms with Gasteiger partial charge in [-0.05, 0) is 45.8 Å². The molecular weight excluding hydrogens is 321 g/mol. The standard InChI is InChI=1S/C16H11BrFNO/c1-20-16-7-6-11(9-14(16)17)8-12(10-19)13-4-2-3-5-15(13)18/h2-9H,1H3/b12-8-. The SMILES string of the molecule is COc1ccc(/C=C(/C#N)c2ccccc2F)cc1Br. The van der Waals surface area contributed by atoms with Crippen LogP contribution in [0.5, 0.6) is 5.75 Å². The number of nitrogens with zero attached hydrogens (tertiary/aromatic N) is 1. The number of allylic oxidation sites excluding steroid dienone is 1. The van der Waals surface area contributed by atoms with Crippen molar-refractivity contribution in [1.82, 2.24) is 0 Å². The Hall–Kier alpha value is -2.12. The lowest BCUT2D eigenvalue weighted by molar-refractivity contribution is 0.412. The zero-order valence-electron chi connectivity index (χ0n) is 10.7. The largest absolute Gasteiger partial charge is 0.496 e. The van der Waals surface area contributed by atoms with E-state index >= 15 is 0 Å². The summed E-state index contributed by atoms with van der Waals surface area (Å²) < 4.78 is 19.6. The van der Waals surface area contributed by atoms with E-state index in [2.05, 4.69) is 15.9 Å². The summed E-state index contributed by atoms with van der Waals surface area (Å²) >= 11 is 3.38. The third-order valence-corrected chi connectivity index (χ3v) is 3.39. The van der Waals surface area contributed by atoms with Crippen molar-refractivity contribution in [3.63, 3.8) is 0 Å². The van der Waals surface area contributed by atoms with Crippen LogP contribution in [0, 0.1) is 17.1 Å². The normalized spacial score (nSPS) is 11.0. The molecule has 4 heteroatoms. The van der Waals surface area contributed by atoms with Crippen molar-refractivity contribution >= 4 is 27.6 Å². The van der Waals surface area contributed by atoms with Gasteiger partial charge in [0.1, 0.15) is 11.6 Å². The molecule has 0 heterocycles. The molecule has 2 aromatic rings. The first-order valence-corrected chi connectivity index (χ1v) is 6.65. The average Bonchev–Trinajstić information content (AvgIpc) is 2.46. The van der Waals surface area contributed by atoms with Crippen LogP contribution in [0.4, 0.5) is 4.39 Å². The maximum absolute atomic E-state index is 13.7. The van der Waals surface area contributed by atoms with Crippen LogP contribution >= 0.6 is 15.9 Å². The molecular formula is C16H11BrFNO. The lowest BCUT2D eigenvalue weighted by atomic mass is 10.0. The van der Waals surface area contributed by atoms with Crippen LogP contribution in [0.3, 0.4) is 0 Å². The molecule has 20 heavy (non-hydrogen) atoms. The van der Waals surface area contributed by atoms with Gasteiger partial charge in [0.2, 0.25) is 0 Å². The van der Waals surface area contributed by atoms with Gasteiger partial charge >= 0.3 is 0 Å². The van der Waals surface area contributed by atoms with Crippen molar-refractivity contribution in [3.8, 4) is 11.8 Å². The molecule has 0 atom stereocenters. The number of hydrogen-bond donors (Lipinski definition) is 0. The Labute approximate surface area is 125 Å². The first-order chi connectivity index (χ1) is 9.65. The summed E-state index contributed by atoms with van der Waals surface area (Å²) in [7, 11) is 1.58. The average molecular weight is 332 g/mol. The molecule has 2 nitrogen and oxygen atoms in total. The molecule has 100 valence electrons. The monoisotopic (exact) mass is 331 g/mol. The molecule has 0 fully saturated rings. The fourth-order valence-electron chi connectivity index (χ4n) is 1.79. The third kappa shape index (κ3) is 3.06. The molecule has 0 spiro atoms. The van der Waals surface area contributed by atoms with E-state index in [9.17, 15) is 9.65 Å². The number of benzene rings is 2. The Morgan fingerprint density at radius 1 is 1.30 bits per heavy atom. The van der Waals surface area contributed by atoms with Crippen LogP contribution in [0.15, 0.2) is 46.9 Å². The highest BCUT2D eigenvalue weighted by atomic mass is 79.9. The van der Waals surface area contributed by atoms with E-state index in [4.69, 9.17) is 4.74 Å². The second-order valence-corrected chi connectivity index (χ2v) is 4.90. The van der Waals surface area contributed by atoms with Crippen molar-refractivity contribution in [2.45, 2.75) is 0 Å². The molecule has 2 aromatic carbocycles. The quantitative estimate of drug-likeness (QED) is 0.605. The third-order valence-electron chi connectivity index (χ3n) is 2.77. The van der Waals surface area contributed by atoms with Gasteiger partial charge in [-0.25, -0.2) is 4.39 Å². The van der Waals surface area contributed by atoms with Crippen molar-refractivity contribution < 1.29 is 9.13 Å². The smallest absolute Gasteiger partial charge is 0.133 e. The number of methoxy groups -OCH3 is 1. The fraction of sp³-hybridized carbons (Fsp3) is 0.0625. The molecule has 0 saturated heterocycles. The van der Waals surface area contributed by atoms with E-state index in [1.165, 1.54) is 6.07 Å². The molecule has 0 N–H and O–H groups in total. The molecule has 0 aliphatic heterocycles.